The summed E-state index contributed by atoms with van der Waals surface area (Å²) in [5, 5.41) is 11.5. The zero-order valence-electron chi connectivity index (χ0n) is 19.6. The number of hydrogen-bond acceptors (Lipinski definition) is 4. The molecule has 182 valence electrons. The Balaban J connectivity index is 2.10. The highest BCUT2D eigenvalue weighted by Gasteiger charge is 2.58. The highest BCUT2D eigenvalue weighted by atomic mass is 19.4. The van der Waals surface area contributed by atoms with Crippen LogP contribution in [0.2, 0.25) is 0 Å². The molecule has 0 amide bonds. The van der Waals surface area contributed by atoms with Crippen LogP contribution in [0.1, 0.15) is 44.2 Å². The fourth-order valence-electron chi connectivity index (χ4n) is 4.47. The Morgan fingerprint density at radius 3 is 2.44 bits per heavy atom. The average Bonchev–Trinajstić information content (AvgIpc) is 2.81. The van der Waals surface area contributed by atoms with E-state index in [2.05, 4.69) is 9.98 Å². The van der Waals surface area contributed by atoms with Crippen LogP contribution in [0.5, 0.6) is 5.75 Å². The summed E-state index contributed by atoms with van der Waals surface area (Å²) in [4.78, 5) is 18.3. The van der Waals surface area contributed by atoms with E-state index < -0.39 is 23.6 Å². The smallest absolute Gasteiger partial charge is 0.422 e. The minimum atomic E-state index is -4.97. The molecule has 0 fully saturated rings. The van der Waals surface area contributed by atoms with Gasteiger partial charge in [0.25, 0.3) is 0 Å². The molecule has 3 unspecified atom stereocenters. The zero-order chi connectivity index (χ0) is 25.1. The third-order valence-electron chi connectivity index (χ3n) is 6.45. The Kier molecular flexibility index (Phi) is 7.51. The van der Waals surface area contributed by atoms with Gasteiger partial charge in [0.2, 0.25) is 5.56 Å². The number of benzene rings is 2. The molecule has 0 radical (unpaired) electrons. The quantitative estimate of drug-likeness (QED) is 0.398. The number of hydrogen-bond donors (Lipinski definition) is 2. The van der Waals surface area contributed by atoms with E-state index in [0.717, 1.165) is 5.56 Å². The summed E-state index contributed by atoms with van der Waals surface area (Å²) < 4.78 is 48.6. The van der Waals surface area contributed by atoms with Crippen molar-refractivity contribution >= 4 is 22.8 Å². The van der Waals surface area contributed by atoms with Gasteiger partial charge >= 0.3 is 6.18 Å². The number of rotatable bonds is 8. The molecular weight excluding hydrogens is 445 g/mol. The first-order chi connectivity index (χ1) is 16.1. The summed E-state index contributed by atoms with van der Waals surface area (Å²) in [5.41, 5.74) is -1.37. The van der Waals surface area contributed by atoms with E-state index in [1.165, 1.54) is 32.2 Å². The second-order valence-electron chi connectivity index (χ2n) is 8.34. The van der Waals surface area contributed by atoms with Crippen molar-refractivity contribution in [3.8, 4) is 5.75 Å². The molecule has 0 aliphatic heterocycles. The van der Waals surface area contributed by atoms with Crippen molar-refractivity contribution in [2.75, 3.05) is 7.11 Å². The third kappa shape index (κ3) is 4.73. The number of aromatic nitrogens is 1. The van der Waals surface area contributed by atoms with Crippen LogP contribution in [0.25, 0.3) is 10.9 Å². The van der Waals surface area contributed by atoms with E-state index in [1.54, 1.807) is 31.2 Å². The molecule has 2 N–H and O–H groups in total. The number of para-hydroxylation sites is 1. The maximum Gasteiger partial charge on any atom is 0.422 e. The molecule has 3 aromatic rings. The maximum absolute atomic E-state index is 14.3. The highest BCUT2D eigenvalue weighted by Crippen LogP contribution is 2.46. The molecule has 0 spiro atoms. The molecule has 5 nitrogen and oxygen atoms in total. The standard InChI is InChI=1S/C26H29F3N2O3/c1-5-17-9-7-10-19(24(17)34-4)18(6-2)16(3)25(33,26(27,28)29)15-30-21-11-8-12-22-20(21)13-14-23(32)31-22/h7-16,18,33H,5-6H2,1-4H3,(H,31,32). The minimum absolute atomic E-state index is 0.210. The van der Waals surface area contributed by atoms with Crippen molar-refractivity contribution in [3.63, 3.8) is 0 Å². The molecule has 0 saturated carbocycles. The number of nitrogens with zero attached hydrogens (tertiary/aromatic N) is 1. The monoisotopic (exact) mass is 474 g/mol. The number of halogens is 3. The summed E-state index contributed by atoms with van der Waals surface area (Å²) in [6, 6.07) is 12.9. The number of ether oxygens (including phenoxy) is 1. The molecule has 2 aromatic carbocycles. The molecule has 0 saturated heterocycles. The number of methoxy groups -OCH3 is 1. The molecule has 34 heavy (non-hydrogen) atoms. The summed E-state index contributed by atoms with van der Waals surface area (Å²) in [6.07, 6.45) is -3.38. The normalized spacial score (nSPS) is 15.9. The van der Waals surface area contributed by atoms with Gasteiger partial charge in [0.1, 0.15) is 5.75 Å². The van der Waals surface area contributed by atoms with Crippen LogP contribution in [0.3, 0.4) is 0 Å². The van der Waals surface area contributed by atoms with Crippen LogP contribution >= 0.6 is 0 Å². The third-order valence-corrected chi connectivity index (χ3v) is 6.45. The van der Waals surface area contributed by atoms with Gasteiger partial charge in [-0.15, -0.1) is 0 Å². The number of aryl methyl sites for hydroxylation is 1. The number of aliphatic hydroxyl groups is 1. The first-order valence-electron chi connectivity index (χ1n) is 11.2. The molecule has 0 aliphatic rings. The Labute approximate surface area is 196 Å². The van der Waals surface area contributed by atoms with Gasteiger partial charge in [0.15, 0.2) is 5.60 Å². The molecule has 1 aromatic heterocycles. The number of aromatic amines is 1. The van der Waals surface area contributed by atoms with Gasteiger partial charge in [-0.25, -0.2) is 0 Å². The van der Waals surface area contributed by atoms with E-state index in [-0.39, 0.29) is 11.2 Å². The SMILES string of the molecule is CCc1cccc(C(CC)C(C)C(O)(C=Nc2cccc3[nH]c(=O)ccc23)C(F)(F)F)c1OC. The van der Waals surface area contributed by atoms with Gasteiger partial charge in [0, 0.05) is 23.6 Å². The van der Waals surface area contributed by atoms with Crippen molar-refractivity contribution in [2.24, 2.45) is 10.9 Å². The van der Waals surface area contributed by atoms with Crippen LogP contribution in [0.4, 0.5) is 18.9 Å². The van der Waals surface area contributed by atoms with Gasteiger partial charge in [-0.3, -0.25) is 9.79 Å². The fourth-order valence-corrected chi connectivity index (χ4v) is 4.47. The molecule has 3 atom stereocenters. The van der Waals surface area contributed by atoms with Crippen LogP contribution in [0, 0.1) is 5.92 Å². The van der Waals surface area contributed by atoms with E-state index in [4.69, 9.17) is 4.74 Å². The first kappa shape index (κ1) is 25.5. The van der Waals surface area contributed by atoms with E-state index in [9.17, 15) is 23.1 Å². The Hall–Kier alpha value is -3.13. The van der Waals surface area contributed by atoms with Gasteiger partial charge in [-0.05, 0) is 48.1 Å². The number of fused-ring (bicyclic) bond motifs is 1. The highest BCUT2D eigenvalue weighted by molar-refractivity contribution is 5.91. The summed E-state index contributed by atoms with van der Waals surface area (Å²) in [7, 11) is 1.50. The van der Waals surface area contributed by atoms with E-state index in [1.807, 2.05) is 13.0 Å². The van der Waals surface area contributed by atoms with Crippen LogP contribution in [-0.2, 0) is 6.42 Å². The second kappa shape index (κ2) is 10.0. The molecular formula is C26H29F3N2O3. The molecule has 0 aliphatic carbocycles. The zero-order valence-corrected chi connectivity index (χ0v) is 19.6. The number of H-pyrrole nitrogens is 1. The lowest BCUT2D eigenvalue weighted by Gasteiger charge is -2.37. The van der Waals surface area contributed by atoms with Gasteiger partial charge < -0.3 is 14.8 Å². The summed E-state index contributed by atoms with van der Waals surface area (Å²) in [5.74, 6) is -1.37. The lowest BCUT2D eigenvalue weighted by molar-refractivity contribution is -0.247. The van der Waals surface area contributed by atoms with Crippen LogP contribution in [0.15, 0.2) is 58.3 Å². The molecule has 0 bridgehead atoms. The number of pyridine rings is 1. The van der Waals surface area contributed by atoms with Crippen molar-refractivity contribution in [3.05, 3.63) is 70.0 Å². The topological polar surface area (TPSA) is 74.7 Å². The molecule has 3 rings (SSSR count). The predicted molar refractivity (Wildman–Crippen MR) is 128 cm³/mol. The number of nitrogens with one attached hydrogen (secondary N) is 1. The van der Waals surface area contributed by atoms with Crippen LogP contribution in [-0.4, -0.2) is 35.2 Å². The summed E-state index contributed by atoms with van der Waals surface area (Å²) >= 11 is 0. The number of aliphatic imine (C=N–C) groups is 1. The second-order valence-corrected chi connectivity index (χ2v) is 8.34. The molecule has 8 heteroatoms. The largest absolute Gasteiger partial charge is 0.496 e. The van der Waals surface area contributed by atoms with E-state index in [0.29, 0.717) is 41.3 Å². The number of alkyl halides is 3. The minimum Gasteiger partial charge on any atom is -0.496 e. The Morgan fingerprint density at radius 2 is 1.82 bits per heavy atom. The Bertz CT molecular complexity index is 1240. The van der Waals surface area contributed by atoms with E-state index >= 15 is 0 Å². The van der Waals surface area contributed by atoms with Crippen molar-refractivity contribution in [2.45, 2.75) is 51.3 Å². The van der Waals surface area contributed by atoms with Crippen molar-refractivity contribution < 1.29 is 23.0 Å². The summed E-state index contributed by atoms with van der Waals surface area (Å²) in [6.45, 7) is 5.11. The molecule has 1 heterocycles. The Morgan fingerprint density at radius 1 is 1.12 bits per heavy atom. The van der Waals surface area contributed by atoms with Gasteiger partial charge in [-0.2, -0.15) is 13.2 Å². The lowest BCUT2D eigenvalue weighted by atomic mass is 9.74. The fraction of sp³-hybridized carbons (Fsp3) is 0.385. The maximum atomic E-state index is 14.3. The van der Waals surface area contributed by atoms with Gasteiger partial charge in [-0.1, -0.05) is 45.0 Å². The predicted octanol–water partition coefficient (Wildman–Crippen LogP) is 5.92. The van der Waals surface area contributed by atoms with Crippen LogP contribution < -0.4 is 10.3 Å². The van der Waals surface area contributed by atoms with Crippen molar-refractivity contribution in [1.29, 1.82) is 0 Å². The average molecular weight is 475 g/mol. The lowest BCUT2D eigenvalue weighted by Crippen LogP contribution is -2.53. The first-order valence-corrected chi connectivity index (χ1v) is 11.2. The van der Waals surface area contributed by atoms with Crippen molar-refractivity contribution in [1.82, 2.24) is 4.98 Å². The van der Waals surface area contributed by atoms with Gasteiger partial charge in [0.05, 0.1) is 18.3 Å².